The standard InChI is InChI=1S/C14H20N4O2/c1-5-14(4,8-19)17-13(20)11-7-15-18-10(3)6-9(2)16-12(11)18/h6-7,19H,5,8H2,1-4H3,(H,17,20). The first-order valence-corrected chi connectivity index (χ1v) is 6.65. The number of aliphatic hydroxyl groups excluding tert-OH is 1. The van der Waals surface area contributed by atoms with Gasteiger partial charge in [-0.15, -0.1) is 0 Å². The number of hydrogen-bond acceptors (Lipinski definition) is 4. The third kappa shape index (κ3) is 2.51. The van der Waals surface area contributed by atoms with Crippen molar-refractivity contribution < 1.29 is 9.90 Å². The molecule has 1 unspecified atom stereocenters. The molecule has 0 aliphatic rings. The van der Waals surface area contributed by atoms with Crippen molar-refractivity contribution >= 4 is 11.6 Å². The summed E-state index contributed by atoms with van der Waals surface area (Å²) < 4.78 is 1.64. The van der Waals surface area contributed by atoms with Gasteiger partial charge in [-0.05, 0) is 33.3 Å². The molecule has 0 bridgehead atoms. The second-order valence-electron chi connectivity index (χ2n) is 5.36. The Morgan fingerprint density at radius 2 is 2.20 bits per heavy atom. The fraction of sp³-hybridized carbons (Fsp3) is 0.500. The van der Waals surface area contributed by atoms with Crippen LogP contribution in [-0.4, -0.2) is 37.8 Å². The molecule has 0 aliphatic carbocycles. The second kappa shape index (κ2) is 5.20. The number of rotatable bonds is 4. The highest BCUT2D eigenvalue weighted by Gasteiger charge is 2.26. The monoisotopic (exact) mass is 276 g/mol. The molecule has 6 heteroatoms. The van der Waals surface area contributed by atoms with E-state index in [1.165, 1.54) is 6.20 Å². The number of nitrogens with one attached hydrogen (secondary N) is 1. The van der Waals surface area contributed by atoms with E-state index in [0.717, 1.165) is 11.4 Å². The van der Waals surface area contributed by atoms with Crippen molar-refractivity contribution in [3.05, 3.63) is 29.2 Å². The van der Waals surface area contributed by atoms with E-state index < -0.39 is 5.54 Å². The summed E-state index contributed by atoms with van der Waals surface area (Å²) in [7, 11) is 0. The van der Waals surface area contributed by atoms with Crippen LogP contribution in [0.2, 0.25) is 0 Å². The molecule has 0 aromatic carbocycles. The molecule has 2 N–H and O–H groups in total. The lowest BCUT2D eigenvalue weighted by Gasteiger charge is -2.26. The zero-order valence-electron chi connectivity index (χ0n) is 12.3. The van der Waals surface area contributed by atoms with Gasteiger partial charge in [-0.1, -0.05) is 6.92 Å². The van der Waals surface area contributed by atoms with Crippen molar-refractivity contribution in [3.8, 4) is 0 Å². The molecule has 0 fully saturated rings. The number of carbonyl (C=O) groups is 1. The van der Waals surface area contributed by atoms with Crippen molar-refractivity contribution in [3.63, 3.8) is 0 Å². The highest BCUT2D eigenvalue weighted by atomic mass is 16.3. The first-order valence-electron chi connectivity index (χ1n) is 6.65. The van der Waals surface area contributed by atoms with Crippen LogP contribution in [-0.2, 0) is 0 Å². The zero-order chi connectivity index (χ0) is 14.9. The first-order chi connectivity index (χ1) is 9.40. The van der Waals surface area contributed by atoms with Crippen LogP contribution >= 0.6 is 0 Å². The summed E-state index contributed by atoms with van der Waals surface area (Å²) in [5.74, 6) is -0.268. The lowest BCUT2D eigenvalue weighted by molar-refractivity contribution is 0.0849. The highest BCUT2D eigenvalue weighted by Crippen LogP contribution is 2.14. The van der Waals surface area contributed by atoms with Crippen molar-refractivity contribution in [1.82, 2.24) is 19.9 Å². The number of aryl methyl sites for hydroxylation is 2. The Morgan fingerprint density at radius 1 is 1.50 bits per heavy atom. The molecular weight excluding hydrogens is 256 g/mol. The van der Waals surface area contributed by atoms with Crippen LogP contribution in [0.15, 0.2) is 12.3 Å². The van der Waals surface area contributed by atoms with Gasteiger partial charge in [0.25, 0.3) is 5.91 Å². The van der Waals surface area contributed by atoms with Crippen LogP contribution in [0.25, 0.3) is 5.65 Å². The third-order valence-corrected chi connectivity index (χ3v) is 3.57. The van der Waals surface area contributed by atoms with Gasteiger partial charge in [0.15, 0.2) is 5.65 Å². The highest BCUT2D eigenvalue weighted by molar-refractivity contribution is 6.00. The van der Waals surface area contributed by atoms with Gasteiger partial charge in [-0.25, -0.2) is 9.50 Å². The predicted molar refractivity (Wildman–Crippen MR) is 75.7 cm³/mol. The van der Waals surface area contributed by atoms with E-state index in [1.807, 2.05) is 26.8 Å². The largest absolute Gasteiger partial charge is 0.394 e. The number of fused-ring (bicyclic) bond motifs is 1. The summed E-state index contributed by atoms with van der Waals surface area (Å²) in [5, 5.41) is 16.4. The van der Waals surface area contributed by atoms with Gasteiger partial charge < -0.3 is 10.4 Å². The van der Waals surface area contributed by atoms with Gasteiger partial charge in [0, 0.05) is 11.4 Å². The zero-order valence-corrected chi connectivity index (χ0v) is 12.3. The molecule has 0 spiro atoms. The molecule has 0 radical (unpaired) electrons. The van der Waals surface area contributed by atoms with E-state index in [1.54, 1.807) is 11.4 Å². The van der Waals surface area contributed by atoms with Gasteiger partial charge in [0.05, 0.1) is 18.3 Å². The quantitative estimate of drug-likeness (QED) is 0.880. The SMILES string of the molecule is CCC(C)(CO)NC(=O)c1cnn2c(C)cc(C)nc12. The molecular formula is C14H20N4O2. The summed E-state index contributed by atoms with van der Waals surface area (Å²) in [6.45, 7) is 7.41. The first kappa shape index (κ1) is 14.5. The molecule has 0 saturated heterocycles. The summed E-state index contributed by atoms with van der Waals surface area (Å²) in [6, 6.07) is 1.91. The lowest BCUT2D eigenvalue weighted by Crippen LogP contribution is -2.48. The lowest BCUT2D eigenvalue weighted by atomic mass is 10.00. The topological polar surface area (TPSA) is 79.5 Å². The van der Waals surface area contributed by atoms with Gasteiger partial charge in [0.2, 0.25) is 0 Å². The Balaban J connectivity index is 2.41. The second-order valence-corrected chi connectivity index (χ2v) is 5.36. The van der Waals surface area contributed by atoms with Crippen LogP contribution in [0.1, 0.15) is 42.0 Å². The van der Waals surface area contributed by atoms with Crippen molar-refractivity contribution in [1.29, 1.82) is 0 Å². The number of aliphatic hydroxyl groups is 1. The maximum absolute atomic E-state index is 12.4. The fourth-order valence-electron chi connectivity index (χ4n) is 2.01. The van der Waals surface area contributed by atoms with Gasteiger partial charge in [-0.3, -0.25) is 4.79 Å². The minimum Gasteiger partial charge on any atom is -0.394 e. The molecule has 0 aliphatic heterocycles. The van der Waals surface area contributed by atoms with E-state index in [-0.39, 0.29) is 12.5 Å². The average Bonchev–Trinajstić information content (AvgIpc) is 2.82. The minimum atomic E-state index is -0.635. The van der Waals surface area contributed by atoms with Crippen molar-refractivity contribution in [2.24, 2.45) is 0 Å². The van der Waals surface area contributed by atoms with E-state index in [9.17, 15) is 9.90 Å². The van der Waals surface area contributed by atoms with Crippen LogP contribution in [0, 0.1) is 13.8 Å². The van der Waals surface area contributed by atoms with Crippen LogP contribution < -0.4 is 5.32 Å². The number of aromatic nitrogens is 3. The maximum Gasteiger partial charge on any atom is 0.257 e. The summed E-state index contributed by atoms with van der Waals surface area (Å²) >= 11 is 0. The maximum atomic E-state index is 12.4. The van der Waals surface area contributed by atoms with E-state index in [2.05, 4.69) is 15.4 Å². The van der Waals surface area contributed by atoms with E-state index in [0.29, 0.717) is 17.6 Å². The molecule has 108 valence electrons. The Hall–Kier alpha value is -1.95. The molecule has 2 aromatic heterocycles. The number of hydrogen-bond donors (Lipinski definition) is 2. The summed E-state index contributed by atoms with van der Waals surface area (Å²) in [6.07, 6.45) is 2.15. The molecule has 2 rings (SSSR count). The minimum absolute atomic E-state index is 0.111. The Morgan fingerprint density at radius 3 is 2.80 bits per heavy atom. The summed E-state index contributed by atoms with van der Waals surface area (Å²) in [4.78, 5) is 16.7. The molecule has 6 nitrogen and oxygen atoms in total. The molecule has 1 atom stereocenters. The van der Waals surface area contributed by atoms with Crippen LogP contribution in [0.4, 0.5) is 0 Å². The summed E-state index contributed by atoms with van der Waals surface area (Å²) in [5.41, 5.74) is 2.09. The molecule has 20 heavy (non-hydrogen) atoms. The number of nitrogens with zero attached hydrogens (tertiary/aromatic N) is 3. The normalized spacial score (nSPS) is 14.2. The number of amides is 1. The Bertz CT molecular complexity index is 644. The molecule has 2 heterocycles. The van der Waals surface area contributed by atoms with Gasteiger partial charge in [-0.2, -0.15) is 5.10 Å². The van der Waals surface area contributed by atoms with Crippen molar-refractivity contribution in [2.75, 3.05) is 6.61 Å². The van der Waals surface area contributed by atoms with E-state index >= 15 is 0 Å². The smallest absolute Gasteiger partial charge is 0.257 e. The average molecular weight is 276 g/mol. The third-order valence-electron chi connectivity index (χ3n) is 3.57. The number of carbonyl (C=O) groups excluding carboxylic acids is 1. The Kier molecular flexibility index (Phi) is 3.76. The van der Waals surface area contributed by atoms with Crippen LogP contribution in [0.3, 0.4) is 0 Å². The van der Waals surface area contributed by atoms with Crippen molar-refractivity contribution in [2.45, 2.75) is 39.7 Å². The molecule has 1 amide bonds. The predicted octanol–water partition coefficient (Wildman–Crippen LogP) is 1.24. The molecule has 2 aromatic rings. The molecule has 0 saturated carbocycles. The van der Waals surface area contributed by atoms with E-state index in [4.69, 9.17) is 0 Å². The van der Waals surface area contributed by atoms with Crippen LogP contribution in [0.5, 0.6) is 0 Å². The fourth-order valence-corrected chi connectivity index (χ4v) is 2.01. The Labute approximate surface area is 117 Å². The van der Waals surface area contributed by atoms with Gasteiger partial charge >= 0.3 is 0 Å². The van der Waals surface area contributed by atoms with Gasteiger partial charge in [0.1, 0.15) is 5.56 Å².